The van der Waals surface area contributed by atoms with Crippen molar-refractivity contribution in [3.8, 4) is 11.5 Å². The molecule has 2 N–H and O–H groups in total. The topological polar surface area (TPSA) is 103 Å². The lowest BCUT2D eigenvalue weighted by molar-refractivity contribution is 0.474. The normalized spacial score (nSPS) is 18.3. The summed E-state index contributed by atoms with van der Waals surface area (Å²) in [6.45, 7) is 0. The Labute approximate surface area is 206 Å². The SMILES string of the molecule is Oc1cc2c3c(cccc3c1)CC2N=Nc1cccc(N=NC2Cc3cccc4cc(O)cc2c34)n1. The molecule has 2 aliphatic carbocycles. The molecule has 0 saturated heterocycles. The first kappa shape index (κ1) is 20.7. The van der Waals surface area contributed by atoms with Crippen LogP contribution < -0.4 is 0 Å². The summed E-state index contributed by atoms with van der Waals surface area (Å²) in [6, 6.07) is 24.4. The maximum Gasteiger partial charge on any atom is 0.176 e. The maximum absolute atomic E-state index is 10.2. The van der Waals surface area contributed by atoms with E-state index in [1.165, 1.54) is 11.1 Å². The molecule has 0 spiro atoms. The van der Waals surface area contributed by atoms with E-state index in [-0.39, 0.29) is 23.6 Å². The van der Waals surface area contributed by atoms with Crippen LogP contribution in [0.1, 0.15) is 34.3 Å². The van der Waals surface area contributed by atoms with E-state index in [1.807, 2.05) is 30.3 Å². The van der Waals surface area contributed by atoms with Crippen LogP contribution in [0.5, 0.6) is 11.5 Å². The number of nitrogens with zero attached hydrogens (tertiary/aromatic N) is 5. The van der Waals surface area contributed by atoms with Crippen molar-refractivity contribution in [3.63, 3.8) is 0 Å². The molecule has 0 fully saturated rings. The molecule has 2 aliphatic rings. The Hall–Kier alpha value is -4.65. The molecule has 36 heavy (non-hydrogen) atoms. The fourth-order valence-corrected chi connectivity index (χ4v) is 5.54. The zero-order valence-electron chi connectivity index (χ0n) is 19.2. The molecular formula is C29H21N5O2. The van der Waals surface area contributed by atoms with Crippen molar-refractivity contribution < 1.29 is 10.2 Å². The van der Waals surface area contributed by atoms with Gasteiger partial charge in [0, 0.05) is 12.8 Å². The minimum absolute atomic E-state index is 0.172. The molecule has 2 unspecified atom stereocenters. The number of benzene rings is 4. The molecular weight excluding hydrogens is 450 g/mol. The summed E-state index contributed by atoms with van der Waals surface area (Å²) in [5, 5.41) is 42.6. The van der Waals surface area contributed by atoms with Gasteiger partial charge in [-0.15, -0.1) is 10.2 Å². The molecule has 174 valence electrons. The number of phenolic OH excluding ortho intramolecular Hbond substituents is 2. The van der Waals surface area contributed by atoms with Crippen LogP contribution in [0, 0.1) is 0 Å². The molecule has 0 amide bonds. The first-order chi connectivity index (χ1) is 17.6. The molecule has 7 rings (SSSR count). The van der Waals surface area contributed by atoms with Gasteiger partial charge in [0.2, 0.25) is 0 Å². The number of phenols is 2. The molecule has 2 atom stereocenters. The number of pyridine rings is 1. The smallest absolute Gasteiger partial charge is 0.176 e. The number of rotatable bonds is 4. The van der Waals surface area contributed by atoms with Crippen molar-refractivity contribution >= 4 is 33.2 Å². The highest BCUT2D eigenvalue weighted by molar-refractivity contribution is 5.93. The predicted octanol–water partition coefficient (Wildman–Crippen LogP) is 7.56. The van der Waals surface area contributed by atoms with Crippen LogP contribution >= 0.6 is 0 Å². The summed E-state index contributed by atoms with van der Waals surface area (Å²) in [5.74, 6) is 1.37. The minimum atomic E-state index is -0.172. The highest BCUT2D eigenvalue weighted by Crippen LogP contribution is 2.43. The molecule has 7 heteroatoms. The van der Waals surface area contributed by atoms with Gasteiger partial charge in [0.25, 0.3) is 0 Å². The standard InChI is InChI=1S/C29H21N5O2/c35-20-10-16-4-1-6-18-12-24(22(14-20)28(16)18)31-33-26-8-3-9-27(30-26)34-32-25-13-19-7-2-5-17-11-21(36)15-23(25)29(17)19/h1-11,14-15,24-25,35-36H,12-13H2. The molecule has 5 aromatic rings. The Morgan fingerprint density at radius 3 is 1.58 bits per heavy atom. The van der Waals surface area contributed by atoms with Crippen molar-refractivity contribution in [2.75, 3.05) is 0 Å². The number of azo groups is 2. The van der Waals surface area contributed by atoms with E-state index in [0.29, 0.717) is 11.6 Å². The fourth-order valence-electron chi connectivity index (χ4n) is 5.54. The van der Waals surface area contributed by atoms with E-state index < -0.39 is 0 Å². The van der Waals surface area contributed by atoms with E-state index in [0.717, 1.165) is 45.5 Å². The van der Waals surface area contributed by atoms with Crippen LogP contribution in [-0.4, -0.2) is 15.2 Å². The molecule has 7 nitrogen and oxygen atoms in total. The van der Waals surface area contributed by atoms with E-state index in [2.05, 4.69) is 37.6 Å². The maximum atomic E-state index is 10.2. The van der Waals surface area contributed by atoms with Gasteiger partial charge in [0.15, 0.2) is 11.6 Å². The quantitative estimate of drug-likeness (QED) is 0.264. The number of aromatic hydroxyl groups is 2. The highest BCUT2D eigenvalue weighted by Gasteiger charge is 2.26. The van der Waals surface area contributed by atoms with Gasteiger partial charge in [-0.1, -0.05) is 42.5 Å². The molecule has 0 radical (unpaired) electrons. The Balaban J connectivity index is 1.14. The van der Waals surface area contributed by atoms with Crippen molar-refractivity contribution in [3.05, 3.63) is 101 Å². The van der Waals surface area contributed by atoms with Crippen LogP contribution in [0.25, 0.3) is 21.5 Å². The lowest BCUT2D eigenvalue weighted by Crippen LogP contribution is -1.91. The largest absolute Gasteiger partial charge is 0.508 e. The third-order valence-corrected chi connectivity index (χ3v) is 7.02. The summed E-state index contributed by atoms with van der Waals surface area (Å²) in [5.41, 5.74) is 4.39. The molecule has 1 aromatic heterocycles. The van der Waals surface area contributed by atoms with E-state index in [4.69, 9.17) is 0 Å². The monoisotopic (exact) mass is 471 g/mol. The lowest BCUT2D eigenvalue weighted by Gasteiger charge is -2.06. The first-order valence-electron chi connectivity index (χ1n) is 11.9. The van der Waals surface area contributed by atoms with Crippen LogP contribution in [0.4, 0.5) is 11.6 Å². The summed E-state index contributed by atoms with van der Waals surface area (Å²) in [6.07, 6.45) is 1.47. The lowest BCUT2D eigenvalue weighted by atomic mass is 10.0. The highest BCUT2D eigenvalue weighted by atomic mass is 16.3. The Morgan fingerprint density at radius 2 is 1.08 bits per heavy atom. The second-order valence-electron chi connectivity index (χ2n) is 9.33. The van der Waals surface area contributed by atoms with Gasteiger partial charge in [-0.2, -0.15) is 10.2 Å². The second kappa shape index (κ2) is 7.95. The van der Waals surface area contributed by atoms with E-state index in [1.54, 1.807) is 36.4 Å². The fraction of sp³-hybridized carbons (Fsp3) is 0.138. The van der Waals surface area contributed by atoms with Crippen molar-refractivity contribution in [1.29, 1.82) is 0 Å². The van der Waals surface area contributed by atoms with E-state index >= 15 is 0 Å². The average molecular weight is 472 g/mol. The zero-order valence-corrected chi connectivity index (χ0v) is 19.2. The van der Waals surface area contributed by atoms with Crippen LogP contribution in [0.3, 0.4) is 0 Å². The van der Waals surface area contributed by atoms with Gasteiger partial charge >= 0.3 is 0 Å². The van der Waals surface area contributed by atoms with Crippen molar-refractivity contribution in [2.45, 2.75) is 24.9 Å². The van der Waals surface area contributed by atoms with Crippen molar-refractivity contribution in [1.82, 2.24) is 4.98 Å². The van der Waals surface area contributed by atoms with Crippen molar-refractivity contribution in [2.24, 2.45) is 20.5 Å². The molecule has 0 aliphatic heterocycles. The van der Waals surface area contributed by atoms with Gasteiger partial charge in [-0.25, -0.2) is 4.98 Å². The van der Waals surface area contributed by atoms with Gasteiger partial charge in [-0.05, 0) is 80.2 Å². The first-order valence-corrected chi connectivity index (χ1v) is 11.9. The summed E-state index contributed by atoms with van der Waals surface area (Å²) in [7, 11) is 0. The summed E-state index contributed by atoms with van der Waals surface area (Å²) in [4.78, 5) is 4.51. The van der Waals surface area contributed by atoms with Gasteiger partial charge in [-0.3, -0.25) is 0 Å². The summed E-state index contributed by atoms with van der Waals surface area (Å²) >= 11 is 0. The van der Waals surface area contributed by atoms with Gasteiger partial charge in [0.1, 0.15) is 23.6 Å². The second-order valence-corrected chi connectivity index (χ2v) is 9.33. The minimum Gasteiger partial charge on any atom is -0.508 e. The van der Waals surface area contributed by atoms with Crippen LogP contribution in [0.15, 0.2) is 99.3 Å². The van der Waals surface area contributed by atoms with Crippen LogP contribution in [-0.2, 0) is 12.8 Å². The van der Waals surface area contributed by atoms with Gasteiger partial charge in [0.05, 0.1) is 0 Å². The molecule has 0 saturated carbocycles. The number of aromatic nitrogens is 1. The Bertz CT molecular complexity index is 1620. The summed E-state index contributed by atoms with van der Waals surface area (Å²) < 4.78 is 0. The van der Waals surface area contributed by atoms with E-state index in [9.17, 15) is 10.2 Å². The third-order valence-electron chi connectivity index (χ3n) is 7.02. The van der Waals surface area contributed by atoms with Crippen LogP contribution in [0.2, 0.25) is 0 Å². The molecule has 0 bridgehead atoms. The molecule has 1 heterocycles. The average Bonchev–Trinajstić information content (AvgIpc) is 3.41. The molecule has 4 aromatic carbocycles. The predicted molar refractivity (Wildman–Crippen MR) is 137 cm³/mol. The Morgan fingerprint density at radius 1 is 0.611 bits per heavy atom. The number of hydrogen-bond donors (Lipinski definition) is 2. The Kier molecular flexibility index (Phi) is 4.57. The van der Waals surface area contributed by atoms with Gasteiger partial charge < -0.3 is 10.2 Å². The zero-order chi connectivity index (χ0) is 24.2. The third kappa shape index (κ3) is 3.40. The number of hydrogen-bond acceptors (Lipinski definition) is 7.